The Balaban J connectivity index is 2.17. The molecule has 4 unspecified atom stereocenters. The standard InChI is InChI=1S/C9H13FN2O5/c10-4-1-11-9(16)12(2-4)8-7(15)6(14)5(3-13)17-8/h2,5-8,13-15H,1,3H2,(H,11,16). The number of nitrogens with zero attached hydrogens (tertiary/aromatic N) is 1. The van der Waals surface area contributed by atoms with Crippen LogP contribution in [0.1, 0.15) is 0 Å². The first-order chi connectivity index (χ1) is 8.04. The van der Waals surface area contributed by atoms with Crippen molar-refractivity contribution >= 4 is 6.03 Å². The van der Waals surface area contributed by atoms with Crippen LogP contribution in [-0.2, 0) is 4.74 Å². The van der Waals surface area contributed by atoms with Gasteiger partial charge in [-0.05, 0) is 0 Å². The SMILES string of the molecule is O=C1NCC(F)=CN1C1OC(CO)C(O)C1O. The lowest BCUT2D eigenvalue weighted by Crippen LogP contribution is -2.51. The van der Waals surface area contributed by atoms with Gasteiger partial charge in [-0.3, -0.25) is 4.90 Å². The van der Waals surface area contributed by atoms with Gasteiger partial charge in [0.25, 0.3) is 0 Å². The number of carbonyl (C=O) groups is 1. The van der Waals surface area contributed by atoms with Gasteiger partial charge in [-0.2, -0.15) is 0 Å². The summed E-state index contributed by atoms with van der Waals surface area (Å²) in [4.78, 5) is 12.3. The van der Waals surface area contributed by atoms with Crippen LogP contribution in [0.3, 0.4) is 0 Å². The van der Waals surface area contributed by atoms with Crippen LogP contribution in [0.4, 0.5) is 9.18 Å². The summed E-state index contributed by atoms with van der Waals surface area (Å²) in [6, 6.07) is -0.638. The molecular weight excluding hydrogens is 235 g/mol. The van der Waals surface area contributed by atoms with Gasteiger partial charge in [-0.1, -0.05) is 0 Å². The van der Waals surface area contributed by atoms with Crippen molar-refractivity contribution in [2.45, 2.75) is 24.5 Å². The van der Waals surface area contributed by atoms with Gasteiger partial charge < -0.3 is 25.4 Å². The molecular formula is C9H13FN2O5. The van der Waals surface area contributed by atoms with Gasteiger partial charge in [-0.15, -0.1) is 0 Å². The second kappa shape index (κ2) is 4.57. The molecule has 2 aliphatic rings. The fourth-order valence-corrected chi connectivity index (χ4v) is 1.81. The van der Waals surface area contributed by atoms with Crippen LogP contribution in [-0.4, -0.2) is 63.9 Å². The second-order valence-corrected chi connectivity index (χ2v) is 3.87. The van der Waals surface area contributed by atoms with Gasteiger partial charge in [0.15, 0.2) is 6.23 Å². The maximum atomic E-state index is 13.0. The topological polar surface area (TPSA) is 102 Å². The molecule has 17 heavy (non-hydrogen) atoms. The lowest BCUT2D eigenvalue weighted by atomic mass is 10.1. The average molecular weight is 248 g/mol. The molecule has 8 heteroatoms. The fraction of sp³-hybridized carbons (Fsp3) is 0.667. The summed E-state index contributed by atoms with van der Waals surface area (Å²) < 4.78 is 18.1. The van der Waals surface area contributed by atoms with Crippen molar-refractivity contribution in [2.24, 2.45) is 0 Å². The third-order valence-corrected chi connectivity index (χ3v) is 2.71. The number of halogens is 1. The summed E-state index contributed by atoms with van der Waals surface area (Å²) in [6.07, 6.45) is -4.04. The Morgan fingerprint density at radius 2 is 2.24 bits per heavy atom. The van der Waals surface area contributed by atoms with Crippen LogP contribution in [0.15, 0.2) is 12.0 Å². The van der Waals surface area contributed by atoms with Gasteiger partial charge in [0.05, 0.1) is 13.2 Å². The van der Waals surface area contributed by atoms with Crippen LogP contribution in [0.2, 0.25) is 0 Å². The number of urea groups is 1. The van der Waals surface area contributed by atoms with Crippen LogP contribution >= 0.6 is 0 Å². The molecule has 1 saturated heterocycles. The summed E-state index contributed by atoms with van der Waals surface area (Å²) >= 11 is 0. The highest BCUT2D eigenvalue weighted by atomic mass is 19.1. The van der Waals surface area contributed by atoms with Crippen LogP contribution in [0.25, 0.3) is 0 Å². The van der Waals surface area contributed by atoms with Crippen molar-refractivity contribution in [1.82, 2.24) is 10.2 Å². The van der Waals surface area contributed by atoms with E-state index in [1.165, 1.54) is 0 Å². The largest absolute Gasteiger partial charge is 0.394 e. The number of hydrogen-bond acceptors (Lipinski definition) is 5. The molecule has 2 heterocycles. The van der Waals surface area contributed by atoms with Crippen molar-refractivity contribution in [2.75, 3.05) is 13.2 Å². The minimum Gasteiger partial charge on any atom is -0.394 e. The minimum absolute atomic E-state index is 0.218. The van der Waals surface area contributed by atoms with Crippen molar-refractivity contribution in [1.29, 1.82) is 0 Å². The van der Waals surface area contributed by atoms with E-state index in [-0.39, 0.29) is 6.54 Å². The molecule has 4 N–H and O–H groups in total. The molecule has 96 valence electrons. The molecule has 0 aromatic rings. The number of ether oxygens (including phenoxy) is 1. The highest BCUT2D eigenvalue weighted by Gasteiger charge is 2.46. The third kappa shape index (κ3) is 2.12. The molecule has 4 atom stereocenters. The summed E-state index contributed by atoms with van der Waals surface area (Å²) in [5, 5.41) is 30.3. The Morgan fingerprint density at radius 1 is 1.53 bits per heavy atom. The number of amides is 2. The molecule has 0 aromatic carbocycles. The summed E-state index contributed by atoms with van der Waals surface area (Å²) in [5.41, 5.74) is 0. The average Bonchev–Trinajstić information content (AvgIpc) is 2.59. The zero-order chi connectivity index (χ0) is 12.6. The van der Waals surface area contributed by atoms with Gasteiger partial charge in [0.1, 0.15) is 24.1 Å². The molecule has 0 spiro atoms. The van der Waals surface area contributed by atoms with E-state index in [2.05, 4.69) is 5.32 Å². The Hall–Kier alpha value is -1.22. The zero-order valence-electron chi connectivity index (χ0n) is 8.78. The maximum Gasteiger partial charge on any atom is 0.324 e. The third-order valence-electron chi connectivity index (χ3n) is 2.71. The quantitative estimate of drug-likeness (QED) is 0.464. The van der Waals surface area contributed by atoms with E-state index in [9.17, 15) is 19.4 Å². The van der Waals surface area contributed by atoms with Crippen LogP contribution in [0.5, 0.6) is 0 Å². The highest BCUT2D eigenvalue weighted by molar-refractivity contribution is 5.77. The van der Waals surface area contributed by atoms with Crippen LogP contribution < -0.4 is 5.32 Å². The fourth-order valence-electron chi connectivity index (χ4n) is 1.81. The van der Waals surface area contributed by atoms with Crippen molar-refractivity contribution in [3.63, 3.8) is 0 Å². The first-order valence-corrected chi connectivity index (χ1v) is 5.09. The number of nitrogens with one attached hydrogen (secondary N) is 1. The van der Waals surface area contributed by atoms with E-state index in [0.717, 1.165) is 11.1 Å². The predicted molar refractivity (Wildman–Crippen MR) is 52.2 cm³/mol. The Kier molecular flexibility index (Phi) is 3.29. The van der Waals surface area contributed by atoms with Gasteiger partial charge in [0, 0.05) is 6.20 Å². The number of rotatable bonds is 2. The minimum atomic E-state index is -1.40. The van der Waals surface area contributed by atoms with E-state index >= 15 is 0 Å². The number of aliphatic hydroxyl groups is 3. The van der Waals surface area contributed by atoms with Crippen molar-refractivity contribution in [3.05, 3.63) is 12.0 Å². The molecule has 7 nitrogen and oxygen atoms in total. The van der Waals surface area contributed by atoms with E-state index in [1.54, 1.807) is 0 Å². The van der Waals surface area contributed by atoms with E-state index < -0.39 is 43.0 Å². The molecule has 2 amide bonds. The smallest absolute Gasteiger partial charge is 0.324 e. The predicted octanol–water partition coefficient (Wildman–Crippen LogP) is -1.74. The Bertz CT molecular complexity index is 350. The number of aliphatic hydroxyl groups excluding tert-OH is 3. The van der Waals surface area contributed by atoms with Gasteiger partial charge >= 0.3 is 6.03 Å². The maximum absolute atomic E-state index is 13.0. The second-order valence-electron chi connectivity index (χ2n) is 3.87. The molecule has 0 bridgehead atoms. The Labute approximate surface area is 96.1 Å². The molecule has 2 rings (SSSR count). The summed E-state index contributed by atoms with van der Waals surface area (Å²) in [7, 11) is 0. The van der Waals surface area contributed by atoms with E-state index in [1.807, 2.05) is 0 Å². The molecule has 1 fully saturated rings. The molecule has 0 aliphatic carbocycles. The van der Waals surface area contributed by atoms with E-state index in [0.29, 0.717) is 0 Å². The molecule has 0 saturated carbocycles. The molecule has 0 aromatic heterocycles. The Morgan fingerprint density at radius 3 is 2.82 bits per heavy atom. The highest BCUT2D eigenvalue weighted by Crippen LogP contribution is 2.25. The van der Waals surface area contributed by atoms with Crippen molar-refractivity contribution in [3.8, 4) is 0 Å². The molecule has 2 aliphatic heterocycles. The normalized spacial score (nSPS) is 38.0. The zero-order valence-corrected chi connectivity index (χ0v) is 8.78. The van der Waals surface area contributed by atoms with Crippen LogP contribution in [0, 0.1) is 0 Å². The number of carbonyl (C=O) groups excluding carboxylic acids is 1. The lowest BCUT2D eigenvalue weighted by molar-refractivity contribution is -0.0664. The van der Waals surface area contributed by atoms with Crippen molar-refractivity contribution < 1.29 is 29.2 Å². The molecule has 0 radical (unpaired) electrons. The summed E-state index contributed by atoms with van der Waals surface area (Å²) in [5.74, 6) is -0.595. The first kappa shape index (κ1) is 12.2. The van der Waals surface area contributed by atoms with Gasteiger partial charge in [0.2, 0.25) is 0 Å². The van der Waals surface area contributed by atoms with Gasteiger partial charge in [-0.25, -0.2) is 9.18 Å². The first-order valence-electron chi connectivity index (χ1n) is 5.09. The monoisotopic (exact) mass is 248 g/mol. The number of hydrogen-bond donors (Lipinski definition) is 4. The summed E-state index contributed by atoms with van der Waals surface area (Å²) in [6.45, 7) is -0.722. The van der Waals surface area contributed by atoms with E-state index in [4.69, 9.17) is 9.84 Å². The lowest BCUT2D eigenvalue weighted by Gasteiger charge is -2.29.